The Balaban J connectivity index is 1.97. The summed E-state index contributed by atoms with van der Waals surface area (Å²) >= 11 is 1.67. The SMILES string of the molecule is COc1ccccc1C(=O)NC(CCSC)C(=O)NCC1CCCC1. The van der Waals surface area contributed by atoms with Gasteiger partial charge in [0, 0.05) is 6.54 Å². The molecule has 2 N–H and O–H groups in total. The third-order valence-corrected chi connectivity index (χ3v) is 5.27. The maximum Gasteiger partial charge on any atom is 0.255 e. The number of thioether (sulfide) groups is 1. The van der Waals surface area contributed by atoms with Gasteiger partial charge in [-0.05, 0) is 49.3 Å². The Morgan fingerprint density at radius 1 is 1.28 bits per heavy atom. The lowest BCUT2D eigenvalue weighted by Crippen LogP contribution is -2.48. The highest BCUT2D eigenvalue weighted by Gasteiger charge is 2.24. The number of para-hydroxylation sites is 1. The minimum atomic E-state index is -0.522. The van der Waals surface area contributed by atoms with E-state index < -0.39 is 6.04 Å². The highest BCUT2D eigenvalue weighted by Crippen LogP contribution is 2.23. The van der Waals surface area contributed by atoms with Crippen LogP contribution in [0, 0.1) is 5.92 Å². The van der Waals surface area contributed by atoms with Crippen molar-refractivity contribution >= 4 is 23.6 Å². The van der Waals surface area contributed by atoms with E-state index in [0.717, 1.165) is 5.75 Å². The minimum absolute atomic E-state index is 0.0933. The van der Waals surface area contributed by atoms with Crippen LogP contribution in [-0.4, -0.2) is 43.5 Å². The van der Waals surface area contributed by atoms with E-state index in [1.165, 1.54) is 32.8 Å². The molecule has 5 nitrogen and oxygen atoms in total. The molecule has 25 heavy (non-hydrogen) atoms. The highest BCUT2D eigenvalue weighted by atomic mass is 32.2. The molecule has 0 heterocycles. The molecule has 1 saturated carbocycles. The van der Waals surface area contributed by atoms with Gasteiger partial charge in [-0.3, -0.25) is 9.59 Å². The van der Waals surface area contributed by atoms with Crippen LogP contribution in [0.3, 0.4) is 0 Å². The fraction of sp³-hybridized carbons (Fsp3) is 0.579. The first kappa shape index (κ1) is 19.6. The van der Waals surface area contributed by atoms with E-state index in [0.29, 0.717) is 30.2 Å². The average Bonchev–Trinajstić information content (AvgIpc) is 3.16. The zero-order valence-electron chi connectivity index (χ0n) is 15.0. The molecule has 1 aliphatic carbocycles. The number of nitrogens with one attached hydrogen (secondary N) is 2. The predicted molar refractivity (Wildman–Crippen MR) is 102 cm³/mol. The van der Waals surface area contributed by atoms with E-state index in [9.17, 15) is 9.59 Å². The lowest BCUT2D eigenvalue weighted by Gasteiger charge is -2.20. The zero-order valence-corrected chi connectivity index (χ0v) is 15.9. The van der Waals surface area contributed by atoms with Crippen molar-refractivity contribution < 1.29 is 14.3 Å². The summed E-state index contributed by atoms with van der Waals surface area (Å²) in [7, 11) is 1.53. The van der Waals surface area contributed by atoms with Gasteiger partial charge in [0.05, 0.1) is 12.7 Å². The summed E-state index contributed by atoms with van der Waals surface area (Å²) < 4.78 is 5.24. The standard InChI is InChI=1S/C19H28N2O3S/c1-24-17-10-6-5-9-15(17)18(22)21-16(11-12-25-2)19(23)20-13-14-7-3-4-8-14/h5-6,9-10,14,16H,3-4,7-8,11-13H2,1-2H3,(H,20,23)(H,21,22). The third-order valence-electron chi connectivity index (χ3n) is 4.62. The molecule has 0 aromatic heterocycles. The number of carbonyl (C=O) groups is 2. The van der Waals surface area contributed by atoms with Crippen LogP contribution in [-0.2, 0) is 4.79 Å². The minimum Gasteiger partial charge on any atom is -0.496 e. The molecular weight excluding hydrogens is 336 g/mol. The van der Waals surface area contributed by atoms with Crippen LogP contribution in [0.2, 0.25) is 0 Å². The summed E-state index contributed by atoms with van der Waals surface area (Å²) in [6.07, 6.45) is 7.47. The Morgan fingerprint density at radius 3 is 2.68 bits per heavy atom. The number of ether oxygens (including phenoxy) is 1. The summed E-state index contributed by atoms with van der Waals surface area (Å²) in [6, 6.07) is 6.53. The molecule has 0 saturated heterocycles. The van der Waals surface area contributed by atoms with Gasteiger partial charge in [-0.15, -0.1) is 0 Å². The van der Waals surface area contributed by atoms with Gasteiger partial charge in [0.2, 0.25) is 5.91 Å². The highest BCUT2D eigenvalue weighted by molar-refractivity contribution is 7.98. The lowest BCUT2D eigenvalue weighted by atomic mass is 10.1. The van der Waals surface area contributed by atoms with Crippen molar-refractivity contribution in [2.45, 2.75) is 38.1 Å². The Kier molecular flexibility index (Phi) is 8.12. The molecule has 2 amide bonds. The topological polar surface area (TPSA) is 67.4 Å². The first-order valence-corrected chi connectivity index (χ1v) is 10.3. The number of hydrogen-bond acceptors (Lipinski definition) is 4. The summed E-state index contributed by atoms with van der Waals surface area (Å²) in [6.45, 7) is 0.707. The fourth-order valence-corrected chi connectivity index (χ4v) is 3.63. The number of rotatable bonds is 9. The second kappa shape index (κ2) is 10.3. The maximum atomic E-state index is 12.6. The van der Waals surface area contributed by atoms with Crippen molar-refractivity contribution in [2.75, 3.05) is 25.7 Å². The summed E-state index contributed by atoms with van der Waals surface area (Å²) in [5, 5.41) is 5.90. The molecule has 1 aromatic rings. The molecule has 1 atom stereocenters. The number of benzene rings is 1. The van der Waals surface area contributed by atoms with Crippen molar-refractivity contribution in [1.29, 1.82) is 0 Å². The van der Waals surface area contributed by atoms with Gasteiger partial charge < -0.3 is 15.4 Å². The molecule has 6 heteroatoms. The molecule has 0 bridgehead atoms. The quantitative estimate of drug-likeness (QED) is 0.707. The predicted octanol–water partition coefficient (Wildman–Crippen LogP) is 2.85. The van der Waals surface area contributed by atoms with Gasteiger partial charge >= 0.3 is 0 Å². The molecular formula is C19H28N2O3S. The van der Waals surface area contributed by atoms with Crippen LogP contribution in [0.25, 0.3) is 0 Å². The van der Waals surface area contributed by atoms with Crippen LogP contribution in [0.1, 0.15) is 42.5 Å². The molecule has 0 radical (unpaired) electrons. The smallest absolute Gasteiger partial charge is 0.255 e. The zero-order chi connectivity index (χ0) is 18.1. The van der Waals surface area contributed by atoms with Crippen molar-refractivity contribution in [3.63, 3.8) is 0 Å². The van der Waals surface area contributed by atoms with E-state index in [4.69, 9.17) is 4.74 Å². The van der Waals surface area contributed by atoms with Crippen molar-refractivity contribution in [3.8, 4) is 5.75 Å². The van der Waals surface area contributed by atoms with Gasteiger partial charge in [0.15, 0.2) is 0 Å². The Bertz CT molecular complexity index is 574. The van der Waals surface area contributed by atoms with Crippen LogP contribution < -0.4 is 15.4 Å². The molecule has 0 aliphatic heterocycles. The molecule has 1 fully saturated rings. The Hall–Kier alpha value is -1.69. The molecule has 0 spiro atoms. The molecule has 138 valence electrons. The summed E-state index contributed by atoms with van der Waals surface area (Å²) in [4.78, 5) is 25.1. The summed E-state index contributed by atoms with van der Waals surface area (Å²) in [5.41, 5.74) is 0.447. The van der Waals surface area contributed by atoms with Crippen molar-refractivity contribution in [3.05, 3.63) is 29.8 Å². The number of amides is 2. The number of hydrogen-bond donors (Lipinski definition) is 2. The van der Waals surface area contributed by atoms with Gasteiger partial charge in [0.1, 0.15) is 11.8 Å². The summed E-state index contributed by atoms with van der Waals surface area (Å²) in [5.74, 6) is 1.53. The number of carbonyl (C=O) groups excluding carboxylic acids is 2. The molecule has 1 unspecified atom stereocenters. The van der Waals surface area contributed by atoms with E-state index in [2.05, 4.69) is 10.6 Å². The second-order valence-electron chi connectivity index (χ2n) is 6.40. The monoisotopic (exact) mass is 364 g/mol. The fourth-order valence-electron chi connectivity index (χ4n) is 3.16. The molecule has 1 aliphatic rings. The van der Waals surface area contributed by atoms with E-state index >= 15 is 0 Å². The van der Waals surface area contributed by atoms with E-state index in [1.807, 2.05) is 12.3 Å². The van der Waals surface area contributed by atoms with Crippen LogP contribution >= 0.6 is 11.8 Å². The number of methoxy groups -OCH3 is 1. The van der Waals surface area contributed by atoms with Crippen molar-refractivity contribution in [1.82, 2.24) is 10.6 Å². The lowest BCUT2D eigenvalue weighted by molar-refractivity contribution is -0.123. The van der Waals surface area contributed by atoms with E-state index in [1.54, 1.807) is 30.0 Å². The van der Waals surface area contributed by atoms with E-state index in [-0.39, 0.29) is 11.8 Å². The van der Waals surface area contributed by atoms with Crippen molar-refractivity contribution in [2.24, 2.45) is 5.92 Å². The van der Waals surface area contributed by atoms with Gasteiger partial charge in [-0.2, -0.15) is 11.8 Å². The first-order chi connectivity index (χ1) is 12.2. The van der Waals surface area contributed by atoms with Gasteiger partial charge in [-0.1, -0.05) is 25.0 Å². The van der Waals surface area contributed by atoms with Crippen LogP contribution in [0.4, 0.5) is 0 Å². The molecule has 1 aromatic carbocycles. The normalized spacial score (nSPS) is 15.6. The second-order valence-corrected chi connectivity index (χ2v) is 7.39. The maximum absolute atomic E-state index is 12.6. The Labute approximate surface area is 154 Å². The average molecular weight is 365 g/mol. The van der Waals surface area contributed by atoms with Crippen LogP contribution in [0.15, 0.2) is 24.3 Å². The third kappa shape index (κ3) is 5.96. The first-order valence-electron chi connectivity index (χ1n) is 8.86. The largest absolute Gasteiger partial charge is 0.496 e. The Morgan fingerprint density at radius 2 is 2.00 bits per heavy atom. The van der Waals surface area contributed by atoms with Gasteiger partial charge in [-0.25, -0.2) is 0 Å². The van der Waals surface area contributed by atoms with Crippen LogP contribution in [0.5, 0.6) is 5.75 Å². The van der Waals surface area contributed by atoms with Gasteiger partial charge in [0.25, 0.3) is 5.91 Å². The molecule has 2 rings (SSSR count).